The summed E-state index contributed by atoms with van der Waals surface area (Å²) >= 11 is 2.08. The lowest BCUT2D eigenvalue weighted by atomic mass is 10.0. The van der Waals surface area contributed by atoms with Crippen LogP contribution in [-0.2, 0) is 4.79 Å². The monoisotopic (exact) mass is 242 g/mol. The third-order valence-electron chi connectivity index (χ3n) is 3.84. The van der Waals surface area contributed by atoms with Crippen molar-refractivity contribution in [3.8, 4) is 0 Å². The van der Waals surface area contributed by atoms with E-state index in [1.807, 2.05) is 18.7 Å². The van der Waals surface area contributed by atoms with Crippen LogP contribution in [0.3, 0.4) is 0 Å². The molecular weight excluding hydrogens is 220 g/mol. The second-order valence-electron chi connectivity index (χ2n) is 5.20. The van der Waals surface area contributed by atoms with Crippen molar-refractivity contribution in [2.75, 3.05) is 32.4 Å². The summed E-state index contributed by atoms with van der Waals surface area (Å²) in [7, 11) is 2.22. The highest BCUT2D eigenvalue weighted by Crippen LogP contribution is 2.42. The van der Waals surface area contributed by atoms with Crippen molar-refractivity contribution >= 4 is 17.7 Å². The zero-order valence-electron chi connectivity index (χ0n) is 10.5. The smallest absolute Gasteiger partial charge is 0.225 e. The molecule has 2 aliphatic rings. The molecule has 0 N–H and O–H groups in total. The zero-order chi connectivity index (χ0) is 11.8. The van der Waals surface area contributed by atoms with Gasteiger partial charge in [-0.3, -0.25) is 9.69 Å². The Morgan fingerprint density at radius 1 is 1.25 bits per heavy atom. The van der Waals surface area contributed by atoms with E-state index in [2.05, 4.69) is 23.7 Å². The van der Waals surface area contributed by atoms with Crippen LogP contribution < -0.4 is 0 Å². The Morgan fingerprint density at radius 2 is 1.88 bits per heavy atom. The van der Waals surface area contributed by atoms with Crippen molar-refractivity contribution in [1.82, 2.24) is 9.80 Å². The van der Waals surface area contributed by atoms with Gasteiger partial charge in [-0.1, -0.05) is 13.8 Å². The van der Waals surface area contributed by atoms with Crippen LogP contribution in [0.4, 0.5) is 0 Å². The molecule has 2 aliphatic heterocycles. The van der Waals surface area contributed by atoms with Crippen LogP contribution in [0.15, 0.2) is 0 Å². The van der Waals surface area contributed by atoms with E-state index in [4.69, 9.17) is 0 Å². The Labute approximate surface area is 103 Å². The Morgan fingerprint density at radius 3 is 2.31 bits per heavy atom. The number of amides is 1. The predicted octanol–water partition coefficient (Wildman–Crippen LogP) is 1.64. The van der Waals surface area contributed by atoms with Crippen molar-refractivity contribution in [3.63, 3.8) is 0 Å². The molecule has 2 heterocycles. The Balaban J connectivity index is 1.94. The van der Waals surface area contributed by atoms with E-state index in [9.17, 15) is 4.79 Å². The number of hydrogen-bond acceptors (Lipinski definition) is 3. The molecule has 0 atom stereocenters. The van der Waals surface area contributed by atoms with Crippen LogP contribution in [0.1, 0.15) is 26.7 Å². The fourth-order valence-corrected chi connectivity index (χ4v) is 4.18. The second kappa shape index (κ2) is 4.57. The number of carbonyl (C=O) groups is 1. The molecule has 1 amide bonds. The summed E-state index contributed by atoms with van der Waals surface area (Å²) in [6.45, 7) is 7.05. The number of nitrogens with zero attached hydrogens (tertiary/aromatic N) is 2. The molecule has 0 aromatic rings. The molecule has 2 rings (SSSR count). The van der Waals surface area contributed by atoms with Gasteiger partial charge in [0.2, 0.25) is 5.91 Å². The van der Waals surface area contributed by atoms with Gasteiger partial charge in [0, 0.05) is 31.3 Å². The minimum atomic E-state index is 0.142. The highest BCUT2D eigenvalue weighted by Gasteiger charge is 2.42. The number of thioether (sulfide) groups is 1. The van der Waals surface area contributed by atoms with Crippen molar-refractivity contribution in [2.24, 2.45) is 5.92 Å². The van der Waals surface area contributed by atoms with Gasteiger partial charge < -0.3 is 4.90 Å². The quantitative estimate of drug-likeness (QED) is 0.698. The van der Waals surface area contributed by atoms with Crippen LogP contribution >= 0.6 is 11.8 Å². The lowest BCUT2D eigenvalue weighted by Crippen LogP contribution is -2.51. The SMILES string of the molecule is CC(C)C(=O)N1CCC2(CC1)SCCN2C. The molecule has 0 aromatic carbocycles. The standard InChI is InChI=1S/C12H22N2OS/c1-10(2)11(15)14-6-4-12(5-7-14)13(3)8-9-16-12/h10H,4-9H2,1-3H3. The molecule has 0 radical (unpaired) electrons. The van der Waals surface area contributed by atoms with Crippen LogP contribution in [-0.4, -0.2) is 53.0 Å². The molecule has 0 saturated carbocycles. The first-order valence-electron chi connectivity index (χ1n) is 6.19. The average Bonchev–Trinajstić information content (AvgIpc) is 2.61. The van der Waals surface area contributed by atoms with E-state index in [-0.39, 0.29) is 5.92 Å². The van der Waals surface area contributed by atoms with Gasteiger partial charge in [0.15, 0.2) is 0 Å². The molecule has 92 valence electrons. The average molecular weight is 242 g/mol. The zero-order valence-corrected chi connectivity index (χ0v) is 11.3. The maximum atomic E-state index is 11.9. The maximum Gasteiger partial charge on any atom is 0.225 e. The molecule has 16 heavy (non-hydrogen) atoms. The van der Waals surface area contributed by atoms with Crippen molar-refractivity contribution < 1.29 is 4.79 Å². The predicted molar refractivity (Wildman–Crippen MR) is 68.5 cm³/mol. The molecule has 1 spiro atoms. The van der Waals surface area contributed by atoms with Crippen LogP contribution in [0, 0.1) is 5.92 Å². The van der Waals surface area contributed by atoms with Gasteiger partial charge in [0.1, 0.15) is 0 Å². The van der Waals surface area contributed by atoms with Crippen LogP contribution in [0.25, 0.3) is 0 Å². The van der Waals surface area contributed by atoms with Crippen molar-refractivity contribution in [1.29, 1.82) is 0 Å². The van der Waals surface area contributed by atoms with Gasteiger partial charge in [-0.25, -0.2) is 0 Å². The molecule has 0 bridgehead atoms. The van der Waals surface area contributed by atoms with Gasteiger partial charge in [-0.15, -0.1) is 11.8 Å². The van der Waals surface area contributed by atoms with E-state index in [0.717, 1.165) is 25.9 Å². The lowest BCUT2D eigenvalue weighted by Gasteiger charge is -2.43. The largest absolute Gasteiger partial charge is 0.342 e. The van der Waals surface area contributed by atoms with Gasteiger partial charge in [-0.05, 0) is 19.9 Å². The molecular formula is C12H22N2OS. The van der Waals surface area contributed by atoms with Crippen LogP contribution in [0.5, 0.6) is 0 Å². The fraction of sp³-hybridized carbons (Fsp3) is 0.917. The highest BCUT2D eigenvalue weighted by atomic mass is 32.2. The summed E-state index contributed by atoms with van der Waals surface area (Å²) in [5, 5.41) is 0. The summed E-state index contributed by atoms with van der Waals surface area (Å²) in [5.74, 6) is 1.71. The highest BCUT2D eigenvalue weighted by molar-refractivity contribution is 8.00. The third kappa shape index (κ3) is 2.09. The van der Waals surface area contributed by atoms with E-state index in [0.29, 0.717) is 10.8 Å². The number of hydrogen-bond donors (Lipinski definition) is 0. The topological polar surface area (TPSA) is 23.6 Å². The summed E-state index contributed by atoms with van der Waals surface area (Å²) in [4.78, 5) is 16.8. The normalized spacial score (nSPS) is 25.6. The van der Waals surface area contributed by atoms with Crippen LogP contribution in [0.2, 0.25) is 0 Å². The first-order valence-corrected chi connectivity index (χ1v) is 7.18. The van der Waals surface area contributed by atoms with E-state index < -0.39 is 0 Å². The molecule has 0 unspecified atom stereocenters. The summed E-state index contributed by atoms with van der Waals surface area (Å²) < 4.78 is 0. The van der Waals surface area contributed by atoms with Gasteiger partial charge in [-0.2, -0.15) is 0 Å². The van der Waals surface area contributed by atoms with Gasteiger partial charge >= 0.3 is 0 Å². The minimum Gasteiger partial charge on any atom is -0.342 e. The minimum absolute atomic E-state index is 0.142. The van der Waals surface area contributed by atoms with Gasteiger partial charge in [0.05, 0.1) is 4.87 Å². The number of piperidine rings is 1. The van der Waals surface area contributed by atoms with Gasteiger partial charge in [0.25, 0.3) is 0 Å². The number of carbonyl (C=O) groups excluding carboxylic acids is 1. The van der Waals surface area contributed by atoms with Crippen molar-refractivity contribution in [2.45, 2.75) is 31.6 Å². The molecule has 3 nitrogen and oxygen atoms in total. The second-order valence-corrected chi connectivity index (χ2v) is 6.65. The Bertz CT molecular complexity index is 272. The third-order valence-corrected chi connectivity index (χ3v) is 5.49. The molecule has 4 heteroatoms. The maximum absolute atomic E-state index is 11.9. The summed E-state index contributed by atoms with van der Waals surface area (Å²) in [6.07, 6.45) is 2.26. The van der Waals surface area contributed by atoms with E-state index in [1.165, 1.54) is 12.3 Å². The van der Waals surface area contributed by atoms with E-state index >= 15 is 0 Å². The summed E-state index contributed by atoms with van der Waals surface area (Å²) in [5.41, 5.74) is 0. The Hall–Kier alpha value is -0.220. The summed E-state index contributed by atoms with van der Waals surface area (Å²) in [6, 6.07) is 0. The first kappa shape index (κ1) is 12.2. The van der Waals surface area contributed by atoms with E-state index in [1.54, 1.807) is 0 Å². The van der Waals surface area contributed by atoms with Crippen molar-refractivity contribution in [3.05, 3.63) is 0 Å². The molecule has 2 fully saturated rings. The molecule has 2 saturated heterocycles. The first-order chi connectivity index (χ1) is 7.55. The fourth-order valence-electron chi connectivity index (χ4n) is 2.65. The number of likely N-dealkylation sites (tertiary alicyclic amines) is 1. The number of rotatable bonds is 1. The lowest BCUT2D eigenvalue weighted by molar-refractivity contribution is -0.136. The molecule has 0 aromatic heterocycles. The molecule has 0 aliphatic carbocycles. The Kier molecular flexibility index (Phi) is 3.50.